The van der Waals surface area contributed by atoms with Crippen LogP contribution < -0.4 is 10.2 Å². The molecule has 3 rings (SSSR count). The van der Waals surface area contributed by atoms with Crippen molar-refractivity contribution >= 4 is 22.9 Å². The first kappa shape index (κ1) is 15.7. The van der Waals surface area contributed by atoms with Crippen LogP contribution in [0.25, 0.3) is 10.8 Å². The van der Waals surface area contributed by atoms with Gasteiger partial charge in [0.05, 0.1) is 18.9 Å². The molecule has 0 spiro atoms. The predicted molar refractivity (Wildman–Crippen MR) is 92.0 cm³/mol. The molecule has 0 bridgehead atoms. The molecule has 4 nitrogen and oxygen atoms in total. The summed E-state index contributed by atoms with van der Waals surface area (Å²) in [5.41, 5.74) is 3.54. The lowest BCUT2D eigenvalue weighted by Crippen LogP contribution is -2.18. The highest BCUT2D eigenvalue weighted by molar-refractivity contribution is 6.01. The molecule has 0 saturated carbocycles. The van der Waals surface area contributed by atoms with Crippen molar-refractivity contribution in [1.29, 1.82) is 0 Å². The van der Waals surface area contributed by atoms with E-state index in [9.17, 15) is 9.18 Å². The standard InChI is InChI=1S/C19H15FN2O2/c1-24-18-11-15-5-3-2-4-14(15)10-17(18)19(23)22-21-12-13-6-8-16(20)9-7-13/h2-12H,1H3,(H,22,23)/b21-12+. The first-order chi connectivity index (χ1) is 11.7. The van der Waals surface area contributed by atoms with Crippen molar-refractivity contribution in [3.63, 3.8) is 0 Å². The molecule has 0 radical (unpaired) electrons. The van der Waals surface area contributed by atoms with Crippen molar-refractivity contribution < 1.29 is 13.9 Å². The van der Waals surface area contributed by atoms with Crippen LogP contribution in [0.1, 0.15) is 15.9 Å². The summed E-state index contributed by atoms with van der Waals surface area (Å²) in [6, 6.07) is 17.1. The Morgan fingerprint density at radius 3 is 2.42 bits per heavy atom. The maximum absolute atomic E-state index is 12.8. The van der Waals surface area contributed by atoms with Gasteiger partial charge in [0.15, 0.2) is 0 Å². The van der Waals surface area contributed by atoms with Gasteiger partial charge in [-0.15, -0.1) is 0 Å². The van der Waals surface area contributed by atoms with Gasteiger partial charge < -0.3 is 4.74 Å². The highest BCUT2D eigenvalue weighted by Crippen LogP contribution is 2.25. The Hall–Kier alpha value is -3.21. The summed E-state index contributed by atoms with van der Waals surface area (Å²) in [4.78, 5) is 12.3. The summed E-state index contributed by atoms with van der Waals surface area (Å²) in [6.45, 7) is 0. The minimum Gasteiger partial charge on any atom is -0.496 e. The van der Waals surface area contributed by atoms with Crippen molar-refractivity contribution in [3.05, 3.63) is 77.6 Å². The van der Waals surface area contributed by atoms with Crippen LogP contribution in [0.15, 0.2) is 65.8 Å². The van der Waals surface area contributed by atoms with Crippen molar-refractivity contribution in [2.45, 2.75) is 0 Å². The second-order valence-electron chi connectivity index (χ2n) is 5.15. The molecule has 0 fully saturated rings. The third-order valence-corrected chi connectivity index (χ3v) is 3.56. The van der Waals surface area contributed by atoms with E-state index in [1.54, 1.807) is 18.2 Å². The number of hydrazone groups is 1. The number of hydrogen-bond acceptors (Lipinski definition) is 3. The number of nitrogens with zero attached hydrogens (tertiary/aromatic N) is 1. The second-order valence-corrected chi connectivity index (χ2v) is 5.15. The normalized spacial score (nSPS) is 10.9. The van der Waals surface area contributed by atoms with Crippen LogP contribution in [-0.2, 0) is 0 Å². The molecule has 120 valence electrons. The zero-order valence-electron chi connectivity index (χ0n) is 13.0. The molecule has 5 heteroatoms. The number of amides is 1. The Morgan fingerprint density at radius 1 is 1.08 bits per heavy atom. The van der Waals surface area contributed by atoms with Gasteiger partial charge in [-0.3, -0.25) is 4.79 Å². The fraction of sp³-hybridized carbons (Fsp3) is 0.0526. The van der Waals surface area contributed by atoms with Crippen LogP contribution in [0.2, 0.25) is 0 Å². The van der Waals surface area contributed by atoms with Crippen LogP contribution in [0.3, 0.4) is 0 Å². The van der Waals surface area contributed by atoms with E-state index in [4.69, 9.17) is 4.74 Å². The van der Waals surface area contributed by atoms with E-state index in [1.165, 1.54) is 25.5 Å². The van der Waals surface area contributed by atoms with Crippen molar-refractivity contribution in [3.8, 4) is 5.75 Å². The number of halogens is 1. The SMILES string of the molecule is COc1cc2ccccc2cc1C(=O)N/N=C/c1ccc(F)cc1. The first-order valence-corrected chi connectivity index (χ1v) is 7.33. The molecule has 0 aliphatic heterocycles. The fourth-order valence-corrected chi connectivity index (χ4v) is 2.34. The number of rotatable bonds is 4. The number of nitrogens with one attached hydrogen (secondary N) is 1. The number of ether oxygens (including phenoxy) is 1. The number of benzene rings is 3. The van der Waals surface area contributed by atoms with Gasteiger partial charge in [-0.2, -0.15) is 5.10 Å². The molecule has 3 aromatic carbocycles. The molecule has 0 saturated heterocycles. The van der Waals surface area contributed by atoms with Crippen molar-refractivity contribution in [1.82, 2.24) is 5.43 Å². The van der Waals surface area contributed by atoms with Gasteiger partial charge >= 0.3 is 0 Å². The molecule has 0 unspecified atom stereocenters. The van der Waals surface area contributed by atoms with E-state index in [0.29, 0.717) is 16.9 Å². The maximum Gasteiger partial charge on any atom is 0.275 e. The molecule has 0 heterocycles. The smallest absolute Gasteiger partial charge is 0.275 e. The van der Waals surface area contributed by atoms with Gasteiger partial charge in [0, 0.05) is 0 Å². The number of carbonyl (C=O) groups is 1. The predicted octanol–water partition coefficient (Wildman–Crippen LogP) is 3.75. The monoisotopic (exact) mass is 322 g/mol. The second kappa shape index (κ2) is 6.91. The average molecular weight is 322 g/mol. The molecule has 24 heavy (non-hydrogen) atoms. The Bertz CT molecular complexity index is 905. The molecule has 1 N–H and O–H groups in total. The quantitative estimate of drug-likeness (QED) is 0.587. The molecule has 1 amide bonds. The van der Waals surface area contributed by atoms with Crippen LogP contribution in [0, 0.1) is 5.82 Å². The number of hydrogen-bond donors (Lipinski definition) is 1. The lowest BCUT2D eigenvalue weighted by Gasteiger charge is -2.09. The zero-order valence-corrected chi connectivity index (χ0v) is 13.0. The van der Waals surface area contributed by atoms with Gasteiger partial charge in [0.2, 0.25) is 0 Å². The van der Waals surface area contributed by atoms with E-state index >= 15 is 0 Å². The molecular formula is C19H15FN2O2. The largest absolute Gasteiger partial charge is 0.496 e. The zero-order chi connectivity index (χ0) is 16.9. The van der Waals surface area contributed by atoms with Crippen LogP contribution in [0.4, 0.5) is 4.39 Å². The van der Waals surface area contributed by atoms with Crippen molar-refractivity contribution in [2.75, 3.05) is 7.11 Å². The Kier molecular flexibility index (Phi) is 4.52. The summed E-state index contributed by atoms with van der Waals surface area (Å²) >= 11 is 0. The van der Waals surface area contributed by atoms with E-state index < -0.39 is 0 Å². The van der Waals surface area contributed by atoms with E-state index in [-0.39, 0.29) is 11.7 Å². The van der Waals surface area contributed by atoms with Crippen LogP contribution >= 0.6 is 0 Å². The molecule has 3 aromatic rings. The van der Waals surface area contributed by atoms with Gasteiger partial charge in [0.1, 0.15) is 11.6 Å². The molecule has 0 aliphatic rings. The first-order valence-electron chi connectivity index (χ1n) is 7.33. The number of methoxy groups -OCH3 is 1. The lowest BCUT2D eigenvalue weighted by molar-refractivity contribution is 0.0952. The molecule has 0 aromatic heterocycles. The van der Waals surface area contributed by atoms with Gasteiger partial charge in [-0.05, 0) is 40.6 Å². The molecule has 0 atom stereocenters. The lowest BCUT2D eigenvalue weighted by atomic mass is 10.1. The summed E-state index contributed by atoms with van der Waals surface area (Å²) in [5, 5.41) is 5.82. The Labute approximate surface area is 138 Å². The summed E-state index contributed by atoms with van der Waals surface area (Å²) in [5.74, 6) is -0.226. The van der Waals surface area contributed by atoms with E-state index in [2.05, 4.69) is 10.5 Å². The molecule has 0 aliphatic carbocycles. The highest BCUT2D eigenvalue weighted by atomic mass is 19.1. The summed E-state index contributed by atoms with van der Waals surface area (Å²) in [7, 11) is 1.52. The van der Waals surface area contributed by atoms with E-state index in [1.807, 2.05) is 30.3 Å². The summed E-state index contributed by atoms with van der Waals surface area (Å²) in [6.07, 6.45) is 1.45. The highest BCUT2D eigenvalue weighted by Gasteiger charge is 2.13. The Morgan fingerprint density at radius 2 is 1.75 bits per heavy atom. The maximum atomic E-state index is 12.8. The minimum absolute atomic E-state index is 0.322. The topological polar surface area (TPSA) is 50.7 Å². The van der Waals surface area contributed by atoms with Gasteiger partial charge in [-0.25, -0.2) is 9.82 Å². The fourth-order valence-electron chi connectivity index (χ4n) is 2.34. The van der Waals surface area contributed by atoms with Gasteiger partial charge in [0.25, 0.3) is 5.91 Å². The Balaban J connectivity index is 1.81. The number of carbonyl (C=O) groups excluding carboxylic acids is 1. The molecular weight excluding hydrogens is 307 g/mol. The summed E-state index contributed by atoms with van der Waals surface area (Å²) < 4.78 is 18.1. The van der Waals surface area contributed by atoms with Crippen LogP contribution in [-0.4, -0.2) is 19.2 Å². The minimum atomic E-state index is -0.379. The number of fused-ring (bicyclic) bond motifs is 1. The van der Waals surface area contributed by atoms with Gasteiger partial charge in [-0.1, -0.05) is 36.4 Å². The van der Waals surface area contributed by atoms with Crippen LogP contribution in [0.5, 0.6) is 5.75 Å². The third kappa shape index (κ3) is 3.41. The average Bonchev–Trinajstić information content (AvgIpc) is 2.62. The van der Waals surface area contributed by atoms with E-state index in [0.717, 1.165) is 10.8 Å². The van der Waals surface area contributed by atoms with Crippen molar-refractivity contribution in [2.24, 2.45) is 5.10 Å². The third-order valence-electron chi connectivity index (χ3n) is 3.56.